The molecule has 0 aliphatic heterocycles. The number of amides is 2. The molecule has 0 heterocycles. The van der Waals surface area contributed by atoms with Crippen molar-refractivity contribution < 1.29 is 19.4 Å². The molecule has 0 aliphatic carbocycles. The number of methoxy groups -OCH3 is 1. The fourth-order valence-corrected chi connectivity index (χ4v) is 1.82. The summed E-state index contributed by atoms with van der Waals surface area (Å²) < 4.78 is 4.79. The number of urea groups is 1. The van der Waals surface area contributed by atoms with Gasteiger partial charge in [0.05, 0.1) is 6.54 Å². The van der Waals surface area contributed by atoms with Crippen LogP contribution in [0.5, 0.6) is 0 Å². The van der Waals surface area contributed by atoms with E-state index in [0.29, 0.717) is 6.54 Å². The lowest BCUT2D eigenvalue weighted by Crippen LogP contribution is -2.47. The summed E-state index contributed by atoms with van der Waals surface area (Å²) in [4.78, 5) is 24.7. The number of carboxylic acid groups (broad SMARTS) is 1. The second-order valence-corrected chi connectivity index (χ2v) is 4.96. The third-order valence-corrected chi connectivity index (χ3v) is 3.08. The molecule has 116 valence electrons. The standard InChI is InChI=1S/C15H22N2O4/c1-11(2)17(10-12-7-5-4-6-8-12)15(20)16-9-13(21-3)14(18)19/h4-8,11,13H,9-10H2,1-3H3,(H,16,20)(H,18,19). The summed E-state index contributed by atoms with van der Waals surface area (Å²) in [5.74, 6) is -1.10. The Morgan fingerprint density at radius 3 is 2.38 bits per heavy atom. The van der Waals surface area contributed by atoms with Crippen molar-refractivity contribution in [1.29, 1.82) is 0 Å². The van der Waals surface area contributed by atoms with Gasteiger partial charge in [0.15, 0.2) is 6.10 Å². The third-order valence-electron chi connectivity index (χ3n) is 3.08. The maximum Gasteiger partial charge on any atom is 0.334 e. The van der Waals surface area contributed by atoms with E-state index in [1.807, 2.05) is 44.2 Å². The minimum Gasteiger partial charge on any atom is -0.479 e. The SMILES string of the molecule is COC(CNC(=O)N(Cc1ccccc1)C(C)C)C(=O)O. The zero-order valence-electron chi connectivity index (χ0n) is 12.6. The first-order chi connectivity index (χ1) is 9.95. The molecule has 0 radical (unpaired) electrons. The third kappa shape index (κ3) is 5.43. The van der Waals surface area contributed by atoms with E-state index in [2.05, 4.69) is 5.32 Å². The molecule has 21 heavy (non-hydrogen) atoms. The molecule has 1 aromatic rings. The second-order valence-electron chi connectivity index (χ2n) is 4.96. The molecule has 0 fully saturated rings. The van der Waals surface area contributed by atoms with Crippen LogP contribution in [0, 0.1) is 0 Å². The first-order valence-corrected chi connectivity index (χ1v) is 6.79. The van der Waals surface area contributed by atoms with Crippen molar-refractivity contribution in [3.05, 3.63) is 35.9 Å². The van der Waals surface area contributed by atoms with Gasteiger partial charge in [-0.3, -0.25) is 0 Å². The molecular formula is C15H22N2O4. The van der Waals surface area contributed by atoms with Crippen LogP contribution >= 0.6 is 0 Å². The number of nitrogens with one attached hydrogen (secondary N) is 1. The molecule has 1 aromatic carbocycles. The van der Waals surface area contributed by atoms with Crippen LogP contribution in [0.4, 0.5) is 4.79 Å². The normalized spacial score (nSPS) is 12.0. The number of hydrogen-bond donors (Lipinski definition) is 2. The van der Waals surface area contributed by atoms with Gasteiger partial charge in [-0.1, -0.05) is 30.3 Å². The van der Waals surface area contributed by atoms with E-state index in [1.54, 1.807) is 4.90 Å². The van der Waals surface area contributed by atoms with Crippen LogP contribution in [0.3, 0.4) is 0 Å². The van der Waals surface area contributed by atoms with Gasteiger partial charge in [-0.05, 0) is 19.4 Å². The number of aliphatic carboxylic acids is 1. The Hall–Kier alpha value is -2.08. The van der Waals surface area contributed by atoms with Gasteiger partial charge >= 0.3 is 12.0 Å². The predicted molar refractivity (Wildman–Crippen MR) is 79.0 cm³/mol. The first-order valence-electron chi connectivity index (χ1n) is 6.79. The highest BCUT2D eigenvalue weighted by atomic mass is 16.5. The predicted octanol–water partition coefficient (Wildman–Crippen LogP) is 1.71. The fraction of sp³-hybridized carbons (Fsp3) is 0.467. The summed E-state index contributed by atoms with van der Waals surface area (Å²) in [6, 6.07) is 9.32. The van der Waals surface area contributed by atoms with E-state index < -0.39 is 12.1 Å². The van der Waals surface area contributed by atoms with E-state index in [-0.39, 0.29) is 18.6 Å². The van der Waals surface area contributed by atoms with Gasteiger partial charge < -0.3 is 20.1 Å². The van der Waals surface area contributed by atoms with Crippen LogP contribution in [-0.2, 0) is 16.1 Å². The minimum absolute atomic E-state index is 0.00368. The molecule has 0 bridgehead atoms. The summed E-state index contributed by atoms with van der Waals surface area (Å²) in [5, 5.41) is 11.5. The summed E-state index contributed by atoms with van der Waals surface area (Å²) in [6.07, 6.45) is -1.04. The van der Waals surface area contributed by atoms with Gasteiger partial charge in [-0.2, -0.15) is 0 Å². The van der Waals surface area contributed by atoms with E-state index in [1.165, 1.54) is 7.11 Å². The summed E-state index contributed by atoms with van der Waals surface area (Å²) >= 11 is 0. The Labute approximate surface area is 124 Å². The summed E-state index contributed by atoms with van der Waals surface area (Å²) in [5.41, 5.74) is 1.02. The van der Waals surface area contributed by atoms with Crippen LogP contribution in [0.25, 0.3) is 0 Å². The molecule has 2 amide bonds. The number of benzene rings is 1. The van der Waals surface area contributed by atoms with Crippen molar-refractivity contribution in [3.8, 4) is 0 Å². The van der Waals surface area contributed by atoms with Gasteiger partial charge in [0, 0.05) is 19.7 Å². The Kier molecular flexibility index (Phi) is 6.68. The van der Waals surface area contributed by atoms with Gasteiger partial charge in [-0.25, -0.2) is 9.59 Å². The zero-order valence-corrected chi connectivity index (χ0v) is 12.6. The number of hydrogen-bond acceptors (Lipinski definition) is 3. The van der Waals surface area contributed by atoms with Gasteiger partial charge in [0.1, 0.15) is 0 Å². The molecule has 1 rings (SSSR count). The smallest absolute Gasteiger partial charge is 0.334 e. The molecular weight excluding hydrogens is 272 g/mol. The molecule has 0 saturated carbocycles. The maximum absolute atomic E-state index is 12.2. The first kappa shape index (κ1) is 17.0. The van der Waals surface area contributed by atoms with Crippen LogP contribution < -0.4 is 5.32 Å². The molecule has 0 aromatic heterocycles. The molecule has 6 heteroatoms. The second kappa shape index (κ2) is 8.26. The van der Waals surface area contributed by atoms with Crippen molar-refractivity contribution in [2.75, 3.05) is 13.7 Å². The Balaban J connectivity index is 2.64. The fourth-order valence-electron chi connectivity index (χ4n) is 1.82. The molecule has 1 atom stereocenters. The number of ether oxygens (including phenoxy) is 1. The van der Waals surface area contributed by atoms with E-state index >= 15 is 0 Å². The molecule has 2 N–H and O–H groups in total. The molecule has 0 spiro atoms. The number of nitrogens with zero attached hydrogens (tertiary/aromatic N) is 1. The highest BCUT2D eigenvalue weighted by Crippen LogP contribution is 2.08. The largest absolute Gasteiger partial charge is 0.479 e. The summed E-state index contributed by atoms with van der Waals surface area (Å²) in [6.45, 7) is 4.22. The Morgan fingerprint density at radius 1 is 1.29 bits per heavy atom. The minimum atomic E-state index is -1.10. The molecule has 6 nitrogen and oxygen atoms in total. The highest BCUT2D eigenvalue weighted by molar-refractivity contribution is 5.77. The zero-order chi connectivity index (χ0) is 15.8. The van der Waals surface area contributed by atoms with Crippen LogP contribution in [0.15, 0.2) is 30.3 Å². The monoisotopic (exact) mass is 294 g/mol. The molecule has 0 saturated heterocycles. The van der Waals surface area contributed by atoms with Gasteiger partial charge in [0.2, 0.25) is 0 Å². The topological polar surface area (TPSA) is 78.9 Å². The Morgan fingerprint density at radius 2 is 1.90 bits per heavy atom. The quantitative estimate of drug-likeness (QED) is 0.802. The number of carbonyl (C=O) groups is 2. The number of rotatable bonds is 7. The average molecular weight is 294 g/mol. The van der Waals surface area contributed by atoms with E-state index in [4.69, 9.17) is 9.84 Å². The highest BCUT2D eigenvalue weighted by Gasteiger charge is 2.21. The lowest BCUT2D eigenvalue weighted by atomic mass is 10.2. The van der Waals surface area contributed by atoms with Gasteiger partial charge in [0.25, 0.3) is 0 Å². The lowest BCUT2D eigenvalue weighted by molar-refractivity contribution is -0.148. The van der Waals surface area contributed by atoms with E-state index in [9.17, 15) is 9.59 Å². The van der Waals surface area contributed by atoms with Crippen LogP contribution in [0.1, 0.15) is 19.4 Å². The van der Waals surface area contributed by atoms with Crippen molar-refractivity contribution in [1.82, 2.24) is 10.2 Å². The molecule has 0 aliphatic rings. The average Bonchev–Trinajstić information content (AvgIpc) is 2.45. The van der Waals surface area contributed by atoms with Crippen molar-refractivity contribution in [3.63, 3.8) is 0 Å². The van der Waals surface area contributed by atoms with Crippen LogP contribution in [0.2, 0.25) is 0 Å². The molecule has 1 unspecified atom stereocenters. The van der Waals surface area contributed by atoms with E-state index in [0.717, 1.165) is 5.56 Å². The number of carboxylic acids is 1. The van der Waals surface area contributed by atoms with Crippen molar-refractivity contribution in [2.24, 2.45) is 0 Å². The summed E-state index contributed by atoms with van der Waals surface area (Å²) in [7, 11) is 1.30. The van der Waals surface area contributed by atoms with Gasteiger partial charge in [-0.15, -0.1) is 0 Å². The number of carbonyl (C=O) groups excluding carboxylic acids is 1. The maximum atomic E-state index is 12.2. The van der Waals surface area contributed by atoms with Crippen LogP contribution in [-0.4, -0.2) is 47.8 Å². The van der Waals surface area contributed by atoms with Crippen molar-refractivity contribution >= 4 is 12.0 Å². The Bertz CT molecular complexity index is 462. The lowest BCUT2D eigenvalue weighted by Gasteiger charge is -2.27. The van der Waals surface area contributed by atoms with Crippen molar-refractivity contribution in [2.45, 2.75) is 32.5 Å².